The van der Waals surface area contributed by atoms with E-state index in [4.69, 9.17) is 11.2 Å². The van der Waals surface area contributed by atoms with Gasteiger partial charge < -0.3 is 10.1 Å². The lowest BCUT2D eigenvalue weighted by Gasteiger charge is -1.97. The monoisotopic (exact) mass is 293 g/mol. The van der Waals surface area contributed by atoms with Gasteiger partial charge in [-0.3, -0.25) is 9.59 Å². The van der Waals surface area contributed by atoms with E-state index in [1.165, 1.54) is 7.11 Å². The van der Waals surface area contributed by atoms with Crippen molar-refractivity contribution in [2.24, 2.45) is 0 Å². The number of carbonyl (C=O) groups excluding carboxylic acids is 2. The Hall–Kier alpha value is -2.46. The molecule has 0 amide bonds. The summed E-state index contributed by atoms with van der Waals surface area (Å²) in [5.74, 6) is 7.74. The molecule has 0 radical (unpaired) electrons. The molecule has 0 aliphatic heterocycles. The molecule has 0 spiro atoms. The first kappa shape index (κ1) is 27.0. The lowest BCUT2D eigenvalue weighted by atomic mass is 10.2. The van der Waals surface area contributed by atoms with Crippen LogP contribution in [-0.4, -0.2) is 26.4 Å². The zero-order chi connectivity index (χ0) is 17.5. The molecule has 0 heterocycles. The van der Waals surface area contributed by atoms with Crippen molar-refractivity contribution in [2.75, 3.05) is 14.2 Å². The van der Waals surface area contributed by atoms with Crippen LogP contribution in [0.15, 0.2) is 24.4 Å². The minimum Gasteiger partial charge on any atom is -0.471 e. The van der Waals surface area contributed by atoms with Crippen LogP contribution in [0, 0.1) is 24.2 Å². The van der Waals surface area contributed by atoms with E-state index in [1.807, 2.05) is 20.8 Å². The Morgan fingerprint density at radius 3 is 2.05 bits per heavy atom. The highest BCUT2D eigenvalue weighted by Crippen LogP contribution is 1.88. The van der Waals surface area contributed by atoms with Crippen LogP contribution in [0.4, 0.5) is 0 Å². The first-order valence-corrected chi connectivity index (χ1v) is 6.45. The maximum atomic E-state index is 10.6. The summed E-state index contributed by atoms with van der Waals surface area (Å²) in [5.41, 5.74) is 0.493. The fourth-order valence-electron chi connectivity index (χ4n) is 0.526. The Balaban J connectivity index is -0.000000102. The van der Waals surface area contributed by atoms with Crippen LogP contribution in [0.2, 0.25) is 0 Å². The maximum absolute atomic E-state index is 10.6. The molecule has 0 aromatic rings. The van der Waals surface area contributed by atoms with Crippen molar-refractivity contribution in [1.29, 1.82) is 0 Å². The third kappa shape index (κ3) is 38.1. The topological polar surface area (TPSA) is 55.4 Å². The quantitative estimate of drug-likeness (QED) is 0.492. The molecule has 0 atom stereocenters. The number of ether oxygens (including phenoxy) is 1. The van der Waals surface area contributed by atoms with Crippen molar-refractivity contribution in [3.8, 4) is 24.2 Å². The summed E-state index contributed by atoms with van der Waals surface area (Å²) >= 11 is 0. The van der Waals surface area contributed by atoms with Gasteiger partial charge in [-0.25, -0.2) is 0 Å². The van der Waals surface area contributed by atoms with Gasteiger partial charge in [0.25, 0.3) is 6.47 Å². The summed E-state index contributed by atoms with van der Waals surface area (Å²) in [5, 5.41) is 2.67. The maximum Gasteiger partial charge on any atom is 0.292 e. The van der Waals surface area contributed by atoms with Crippen molar-refractivity contribution < 1.29 is 14.3 Å². The molecular weight excluding hydrogens is 266 g/mol. The molecule has 0 aromatic carbocycles. The van der Waals surface area contributed by atoms with E-state index in [0.29, 0.717) is 18.6 Å². The first-order valence-electron chi connectivity index (χ1n) is 6.45. The zero-order valence-corrected chi connectivity index (χ0v) is 13.9. The molecule has 0 saturated carbocycles. The lowest BCUT2D eigenvalue weighted by molar-refractivity contribution is -0.126. The van der Waals surface area contributed by atoms with Gasteiger partial charge in [0.15, 0.2) is 5.78 Å². The third-order valence-corrected chi connectivity index (χ3v) is 1.46. The highest BCUT2D eigenvalue weighted by atomic mass is 16.5. The van der Waals surface area contributed by atoms with Gasteiger partial charge in [0.1, 0.15) is 0 Å². The number of nitrogens with one attached hydrogen (secondary N) is 1. The number of terminal acetylenes is 1. The molecule has 4 heteroatoms. The van der Waals surface area contributed by atoms with Gasteiger partial charge in [-0.05, 0) is 19.1 Å². The molecule has 4 nitrogen and oxygen atoms in total. The molecular formula is C17H27NO3. The summed E-state index contributed by atoms with van der Waals surface area (Å²) in [6.07, 6.45) is 8.60. The zero-order valence-electron chi connectivity index (χ0n) is 13.9. The van der Waals surface area contributed by atoms with Crippen molar-refractivity contribution in [3.63, 3.8) is 0 Å². The van der Waals surface area contributed by atoms with E-state index in [2.05, 4.69) is 34.4 Å². The minimum absolute atomic E-state index is 0.0764. The normalized spacial score (nSPS) is 6.71. The summed E-state index contributed by atoms with van der Waals surface area (Å²) in [6.45, 7) is 11.4. The van der Waals surface area contributed by atoms with Crippen LogP contribution in [0.3, 0.4) is 0 Å². The first-order chi connectivity index (χ1) is 10.0. The van der Waals surface area contributed by atoms with Crippen LogP contribution >= 0.6 is 0 Å². The van der Waals surface area contributed by atoms with Crippen molar-refractivity contribution in [2.45, 2.75) is 34.1 Å². The van der Waals surface area contributed by atoms with Crippen LogP contribution in [0.5, 0.6) is 0 Å². The molecule has 0 aliphatic rings. The minimum atomic E-state index is 0.0764. The second-order valence-corrected chi connectivity index (χ2v) is 2.73. The average molecular weight is 293 g/mol. The largest absolute Gasteiger partial charge is 0.471 e. The van der Waals surface area contributed by atoms with Gasteiger partial charge in [-0.1, -0.05) is 39.2 Å². The van der Waals surface area contributed by atoms with Gasteiger partial charge in [0, 0.05) is 13.5 Å². The standard InChI is InChI=1S/C7H6.C6H11NO.C2H4O2.C2H6/c1-3-5-7-6-4-2;1-4-6(8)5(2)7-3;1-4-2-3;1-2/h1,5,7H,2H3;7H,2,4H2,1,3H3;2H,1H3;1-2H3/b7-5-;;;. The number of ketones is 1. The van der Waals surface area contributed by atoms with Gasteiger partial charge >= 0.3 is 0 Å². The van der Waals surface area contributed by atoms with Crippen LogP contribution in [0.1, 0.15) is 34.1 Å². The van der Waals surface area contributed by atoms with E-state index >= 15 is 0 Å². The Labute approximate surface area is 129 Å². The Morgan fingerprint density at radius 2 is 1.86 bits per heavy atom. The van der Waals surface area contributed by atoms with Crippen molar-refractivity contribution in [1.82, 2.24) is 5.32 Å². The van der Waals surface area contributed by atoms with Crippen LogP contribution < -0.4 is 5.32 Å². The van der Waals surface area contributed by atoms with E-state index < -0.39 is 0 Å². The summed E-state index contributed by atoms with van der Waals surface area (Å²) in [4.78, 5) is 19.5. The second-order valence-electron chi connectivity index (χ2n) is 2.73. The summed E-state index contributed by atoms with van der Waals surface area (Å²) < 4.78 is 3.86. The molecule has 118 valence electrons. The van der Waals surface area contributed by atoms with Gasteiger partial charge in [0.2, 0.25) is 0 Å². The number of hydrogen-bond donors (Lipinski definition) is 1. The Morgan fingerprint density at radius 1 is 1.38 bits per heavy atom. The van der Waals surface area contributed by atoms with E-state index in [1.54, 1.807) is 26.1 Å². The van der Waals surface area contributed by atoms with Crippen molar-refractivity contribution in [3.05, 3.63) is 24.4 Å². The van der Waals surface area contributed by atoms with E-state index in [9.17, 15) is 4.79 Å². The highest BCUT2D eigenvalue weighted by molar-refractivity contribution is 5.93. The Bertz CT molecular complexity index is 365. The third-order valence-electron chi connectivity index (χ3n) is 1.46. The van der Waals surface area contributed by atoms with Gasteiger partial charge in [-0.2, -0.15) is 0 Å². The number of carbonyl (C=O) groups is 2. The molecule has 0 aliphatic carbocycles. The van der Waals surface area contributed by atoms with Gasteiger partial charge in [-0.15, -0.1) is 12.3 Å². The Kier molecular flexibility index (Phi) is 39.2. The van der Waals surface area contributed by atoms with Crippen LogP contribution in [-0.2, 0) is 14.3 Å². The number of rotatable bonds is 4. The number of hydrogen-bond acceptors (Lipinski definition) is 4. The lowest BCUT2D eigenvalue weighted by Crippen LogP contribution is -2.13. The highest BCUT2D eigenvalue weighted by Gasteiger charge is 1.98. The van der Waals surface area contributed by atoms with E-state index in [0.717, 1.165) is 0 Å². The SMILES string of the molecule is C#C/C=C\C#CC.C=C(NC)C(=O)CC.CC.COC=O. The number of Topliss-reactive ketones (excluding diaryl/α,β-unsaturated/α-hetero) is 1. The number of likely N-dealkylation sites (N-methyl/N-ethyl adjacent to an activating group) is 1. The molecule has 0 saturated heterocycles. The van der Waals surface area contributed by atoms with Crippen LogP contribution in [0.25, 0.3) is 0 Å². The van der Waals surface area contributed by atoms with Crippen molar-refractivity contribution >= 4 is 12.3 Å². The van der Waals surface area contributed by atoms with Gasteiger partial charge in [0.05, 0.1) is 12.8 Å². The fraction of sp³-hybridized carbons (Fsp3) is 0.412. The summed E-state index contributed by atoms with van der Waals surface area (Å²) in [6, 6.07) is 0. The average Bonchev–Trinajstić information content (AvgIpc) is 2.56. The molecule has 21 heavy (non-hydrogen) atoms. The molecule has 1 N–H and O–H groups in total. The number of allylic oxidation sites excluding steroid dienone is 3. The fourth-order valence-corrected chi connectivity index (χ4v) is 0.526. The second kappa shape index (κ2) is 30.5. The molecule has 0 fully saturated rings. The molecule has 0 bridgehead atoms. The predicted molar refractivity (Wildman–Crippen MR) is 89.3 cm³/mol. The van der Waals surface area contributed by atoms with E-state index in [-0.39, 0.29) is 5.78 Å². The molecule has 0 unspecified atom stereocenters. The molecule has 0 rings (SSSR count). The molecule has 0 aromatic heterocycles. The summed E-state index contributed by atoms with van der Waals surface area (Å²) in [7, 11) is 3.00. The predicted octanol–water partition coefficient (Wildman–Crippen LogP) is 2.71. The smallest absolute Gasteiger partial charge is 0.292 e. The number of methoxy groups -OCH3 is 1.